The number of aromatic amines is 1. The lowest BCUT2D eigenvalue weighted by Crippen LogP contribution is -2.31. The Morgan fingerprint density at radius 3 is 2.52 bits per heavy atom. The standard InChI is InChI=1S/C23H28N6O3S/c1-6-7-12-29-18-17(19(30)25-21(29)31)28(5)16(24-18)13-33-22-27-26-20(32-22)14-8-10-15(11-9-14)23(2,3)4/h8-11H,6-7,12-13H2,1-5H3,(H,25,30,31). The largest absolute Gasteiger partial charge is 0.411 e. The summed E-state index contributed by atoms with van der Waals surface area (Å²) in [6.45, 7) is 9.06. The highest BCUT2D eigenvalue weighted by Gasteiger charge is 2.18. The molecule has 0 aliphatic rings. The van der Waals surface area contributed by atoms with Gasteiger partial charge in [-0.05, 0) is 29.5 Å². The van der Waals surface area contributed by atoms with Gasteiger partial charge in [-0.3, -0.25) is 14.3 Å². The lowest BCUT2D eigenvalue weighted by Gasteiger charge is -2.18. The quantitative estimate of drug-likeness (QED) is 0.410. The van der Waals surface area contributed by atoms with Crippen LogP contribution in [0.25, 0.3) is 22.6 Å². The van der Waals surface area contributed by atoms with E-state index in [2.05, 4.69) is 53.1 Å². The molecule has 0 bridgehead atoms. The predicted octanol–water partition coefficient (Wildman–Crippen LogP) is 3.86. The van der Waals surface area contributed by atoms with Crippen molar-refractivity contribution < 1.29 is 4.42 Å². The van der Waals surface area contributed by atoms with Crippen molar-refractivity contribution >= 4 is 22.9 Å². The van der Waals surface area contributed by atoms with E-state index in [4.69, 9.17) is 4.42 Å². The molecule has 0 atom stereocenters. The first-order valence-corrected chi connectivity index (χ1v) is 11.9. The molecule has 10 heteroatoms. The molecular formula is C23H28N6O3S. The Morgan fingerprint density at radius 1 is 1.12 bits per heavy atom. The van der Waals surface area contributed by atoms with E-state index >= 15 is 0 Å². The van der Waals surface area contributed by atoms with Crippen LogP contribution < -0.4 is 11.2 Å². The van der Waals surface area contributed by atoms with Crippen molar-refractivity contribution in [3.63, 3.8) is 0 Å². The molecule has 0 radical (unpaired) electrons. The Balaban J connectivity index is 1.55. The molecule has 1 aromatic carbocycles. The molecule has 4 aromatic rings. The van der Waals surface area contributed by atoms with Crippen molar-refractivity contribution in [1.82, 2.24) is 29.3 Å². The van der Waals surface area contributed by atoms with Crippen LogP contribution in [-0.2, 0) is 24.8 Å². The number of fused-ring (bicyclic) bond motifs is 1. The number of aromatic nitrogens is 6. The Bertz CT molecular complexity index is 1390. The van der Waals surface area contributed by atoms with Crippen molar-refractivity contribution in [2.24, 2.45) is 7.05 Å². The van der Waals surface area contributed by atoms with Crippen molar-refractivity contribution in [3.05, 3.63) is 56.5 Å². The first-order valence-electron chi connectivity index (χ1n) is 10.9. The third-order valence-corrected chi connectivity index (χ3v) is 6.38. The number of nitrogens with zero attached hydrogens (tertiary/aromatic N) is 5. The van der Waals surface area contributed by atoms with Gasteiger partial charge in [-0.15, -0.1) is 10.2 Å². The summed E-state index contributed by atoms with van der Waals surface area (Å²) in [5.41, 5.74) is 2.08. The minimum Gasteiger partial charge on any atom is -0.411 e. The van der Waals surface area contributed by atoms with E-state index in [1.165, 1.54) is 21.9 Å². The molecule has 4 rings (SSSR count). The third-order valence-electron chi connectivity index (χ3n) is 5.57. The molecule has 174 valence electrons. The lowest BCUT2D eigenvalue weighted by atomic mass is 9.87. The van der Waals surface area contributed by atoms with E-state index in [1.54, 1.807) is 11.6 Å². The summed E-state index contributed by atoms with van der Waals surface area (Å²) < 4.78 is 9.07. The molecule has 3 aromatic heterocycles. The molecule has 0 saturated carbocycles. The van der Waals surface area contributed by atoms with Gasteiger partial charge in [-0.2, -0.15) is 0 Å². The predicted molar refractivity (Wildman–Crippen MR) is 128 cm³/mol. The van der Waals surface area contributed by atoms with Crippen LogP contribution in [0.15, 0.2) is 43.5 Å². The van der Waals surface area contributed by atoms with E-state index in [0.717, 1.165) is 18.4 Å². The highest BCUT2D eigenvalue weighted by atomic mass is 32.2. The second kappa shape index (κ2) is 9.01. The molecule has 1 N–H and O–H groups in total. The summed E-state index contributed by atoms with van der Waals surface area (Å²) in [6.07, 6.45) is 1.75. The zero-order valence-electron chi connectivity index (χ0n) is 19.5. The van der Waals surface area contributed by atoms with Crippen molar-refractivity contribution in [2.45, 2.75) is 63.5 Å². The van der Waals surface area contributed by atoms with Crippen LogP contribution in [0.2, 0.25) is 0 Å². The normalized spacial score (nSPS) is 12.0. The number of aryl methyl sites for hydroxylation is 2. The van der Waals surface area contributed by atoms with Gasteiger partial charge in [0.1, 0.15) is 5.82 Å². The average Bonchev–Trinajstić information content (AvgIpc) is 3.36. The minimum atomic E-state index is -0.437. The Hall–Kier alpha value is -3.14. The summed E-state index contributed by atoms with van der Waals surface area (Å²) in [5.74, 6) is 1.51. The van der Waals surface area contributed by atoms with Gasteiger partial charge in [0.05, 0.1) is 5.75 Å². The summed E-state index contributed by atoms with van der Waals surface area (Å²) in [7, 11) is 1.77. The number of hydrogen-bond donors (Lipinski definition) is 1. The lowest BCUT2D eigenvalue weighted by molar-refractivity contribution is 0.465. The van der Waals surface area contributed by atoms with Gasteiger partial charge < -0.3 is 8.98 Å². The Labute approximate surface area is 195 Å². The Kier molecular flexibility index (Phi) is 6.29. The molecule has 0 fully saturated rings. The van der Waals surface area contributed by atoms with Gasteiger partial charge in [-0.1, -0.05) is 58.0 Å². The van der Waals surface area contributed by atoms with Crippen LogP contribution in [0, 0.1) is 0 Å². The zero-order valence-corrected chi connectivity index (χ0v) is 20.3. The molecule has 3 heterocycles. The van der Waals surface area contributed by atoms with E-state index in [-0.39, 0.29) is 5.41 Å². The van der Waals surface area contributed by atoms with Crippen LogP contribution in [0.5, 0.6) is 0 Å². The summed E-state index contributed by atoms with van der Waals surface area (Å²) in [5, 5.41) is 8.71. The smallest absolute Gasteiger partial charge is 0.330 e. The van der Waals surface area contributed by atoms with E-state index in [9.17, 15) is 9.59 Å². The first kappa shape index (κ1) is 23.0. The number of rotatable bonds is 7. The van der Waals surface area contributed by atoms with E-state index in [1.807, 2.05) is 19.1 Å². The van der Waals surface area contributed by atoms with E-state index in [0.29, 0.717) is 40.4 Å². The van der Waals surface area contributed by atoms with Crippen molar-refractivity contribution in [3.8, 4) is 11.5 Å². The maximum atomic E-state index is 12.4. The number of imidazole rings is 1. The van der Waals surface area contributed by atoms with Crippen LogP contribution in [-0.4, -0.2) is 29.3 Å². The van der Waals surface area contributed by atoms with Gasteiger partial charge in [0.15, 0.2) is 11.2 Å². The summed E-state index contributed by atoms with van der Waals surface area (Å²) in [4.78, 5) is 31.7. The number of H-pyrrole nitrogens is 1. The highest BCUT2D eigenvalue weighted by molar-refractivity contribution is 7.98. The average molecular weight is 469 g/mol. The zero-order chi connectivity index (χ0) is 23.8. The van der Waals surface area contributed by atoms with Crippen LogP contribution in [0.3, 0.4) is 0 Å². The second-order valence-electron chi connectivity index (χ2n) is 9.01. The fourth-order valence-corrected chi connectivity index (χ4v) is 4.32. The van der Waals surface area contributed by atoms with E-state index < -0.39 is 11.2 Å². The topological polar surface area (TPSA) is 112 Å². The fourth-order valence-electron chi connectivity index (χ4n) is 3.57. The molecule has 0 aliphatic heterocycles. The molecule has 0 spiro atoms. The SMILES string of the molecule is CCCCn1c(=O)[nH]c(=O)c2c1nc(CSc1nnc(-c3ccc(C(C)(C)C)cc3)o1)n2C. The third kappa shape index (κ3) is 4.66. The summed E-state index contributed by atoms with van der Waals surface area (Å²) >= 11 is 1.34. The van der Waals surface area contributed by atoms with Crippen LogP contribution in [0.1, 0.15) is 51.9 Å². The maximum Gasteiger partial charge on any atom is 0.330 e. The molecular weight excluding hydrogens is 440 g/mol. The molecule has 0 aliphatic carbocycles. The van der Waals surface area contributed by atoms with Gasteiger partial charge in [0, 0.05) is 19.2 Å². The number of nitrogens with one attached hydrogen (secondary N) is 1. The number of benzene rings is 1. The summed E-state index contributed by atoms with van der Waals surface area (Å²) in [6, 6.07) is 8.11. The van der Waals surface area contributed by atoms with Gasteiger partial charge in [0.2, 0.25) is 5.89 Å². The van der Waals surface area contributed by atoms with Crippen molar-refractivity contribution in [2.75, 3.05) is 0 Å². The molecule has 0 unspecified atom stereocenters. The van der Waals surface area contributed by atoms with Crippen LogP contribution in [0.4, 0.5) is 0 Å². The Morgan fingerprint density at radius 2 is 1.85 bits per heavy atom. The second-order valence-corrected chi connectivity index (χ2v) is 9.94. The molecule has 33 heavy (non-hydrogen) atoms. The van der Waals surface area contributed by atoms with Gasteiger partial charge in [-0.25, -0.2) is 9.78 Å². The highest BCUT2D eigenvalue weighted by Crippen LogP contribution is 2.28. The minimum absolute atomic E-state index is 0.0727. The number of thioether (sulfide) groups is 1. The monoisotopic (exact) mass is 468 g/mol. The molecule has 0 amide bonds. The fraction of sp³-hybridized carbons (Fsp3) is 0.435. The van der Waals surface area contributed by atoms with Gasteiger partial charge in [0.25, 0.3) is 10.8 Å². The molecule has 9 nitrogen and oxygen atoms in total. The maximum absolute atomic E-state index is 12.4. The number of unbranched alkanes of at least 4 members (excludes halogenated alkanes) is 1. The first-order chi connectivity index (χ1) is 15.7. The molecule has 0 saturated heterocycles. The van der Waals surface area contributed by atoms with Crippen molar-refractivity contribution in [1.29, 1.82) is 0 Å². The van der Waals surface area contributed by atoms with Gasteiger partial charge >= 0.3 is 5.69 Å². The number of hydrogen-bond acceptors (Lipinski definition) is 7. The van der Waals surface area contributed by atoms with Crippen LogP contribution >= 0.6 is 11.8 Å².